The molecule has 1 aliphatic heterocycles. The molecule has 6 rings (SSSR count). The number of pyridine rings is 1. The number of hydrogen-bond acceptors (Lipinski definition) is 5. The first kappa shape index (κ1) is 20.4. The van der Waals surface area contributed by atoms with E-state index >= 15 is 0 Å². The number of hydrogen-bond donors (Lipinski definition) is 1. The van der Waals surface area contributed by atoms with Crippen molar-refractivity contribution in [2.75, 3.05) is 18.4 Å². The first-order valence-electron chi connectivity index (χ1n) is 11.5. The first-order chi connectivity index (χ1) is 16.1. The molecule has 2 aromatic heterocycles. The largest absolute Gasteiger partial charge is 0.367 e. The van der Waals surface area contributed by atoms with Gasteiger partial charge in [0.25, 0.3) is 5.91 Å². The van der Waals surface area contributed by atoms with Gasteiger partial charge in [0.1, 0.15) is 11.5 Å². The Bertz CT molecular complexity index is 1320. The van der Waals surface area contributed by atoms with Gasteiger partial charge in [0.05, 0.1) is 9.88 Å². The molecule has 5 nitrogen and oxygen atoms in total. The third-order valence-corrected chi connectivity index (χ3v) is 8.00. The van der Waals surface area contributed by atoms with Gasteiger partial charge >= 0.3 is 0 Å². The van der Waals surface area contributed by atoms with Gasteiger partial charge < -0.3 is 10.2 Å². The maximum atomic E-state index is 13.8. The van der Waals surface area contributed by atoms with Crippen LogP contribution >= 0.6 is 11.3 Å². The highest BCUT2D eigenvalue weighted by molar-refractivity contribution is 7.15. The van der Waals surface area contributed by atoms with Gasteiger partial charge in [-0.05, 0) is 48.6 Å². The second kappa shape index (κ2) is 7.96. The summed E-state index contributed by atoms with van der Waals surface area (Å²) in [5.41, 5.74) is 1.95. The van der Waals surface area contributed by atoms with Gasteiger partial charge in [0.2, 0.25) is 0 Å². The number of nitrogens with one attached hydrogen (secondary N) is 1. The van der Waals surface area contributed by atoms with Gasteiger partial charge in [-0.2, -0.15) is 0 Å². The minimum atomic E-state index is 0.0552. The van der Waals surface area contributed by atoms with Crippen molar-refractivity contribution in [2.45, 2.75) is 32.2 Å². The standard InChI is InChI=1S/C27H26N4OS/c1-18-30-23(24(33-18)20-8-3-2-4-9-20)26(32)31-17-27(12-13-27)15-21(31)16-29-25-22-10-6-5-7-19(22)11-14-28-25/h2-11,14,21H,12-13,15-17H2,1H3,(H,28,29)/t21-/m0/s1. The normalized spacial score (nSPS) is 18.7. The maximum Gasteiger partial charge on any atom is 0.274 e. The number of aryl methyl sites for hydroxylation is 1. The van der Waals surface area contributed by atoms with Crippen LogP contribution in [-0.2, 0) is 0 Å². The van der Waals surface area contributed by atoms with E-state index < -0.39 is 0 Å². The van der Waals surface area contributed by atoms with Crippen LogP contribution in [-0.4, -0.2) is 39.9 Å². The minimum absolute atomic E-state index is 0.0552. The summed E-state index contributed by atoms with van der Waals surface area (Å²) in [5, 5.41) is 6.76. The molecule has 1 saturated carbocycles. The number of aromatic nitrogens is 2. The smallest absolute Gasteiger partial charge is 0.274 e. The average Bonchev–Trinajstić information content (AvgIpc) is 3.33. The lowest BCUT2D eigenvalue weighted by Crippen LogP contribution is -2.40. The molecule has 2 fully saturated rings. The second-order valence-electron chi connectivity index (χ2n) is 9.33. The van der Waals surface area contributed by atoms with Gasteiger partial charge in [-0.3, -0.25) is 4.79 Å². The summed E-state index contributed by atoms with van der Waals surface area (Å²) in [5.74, 6) is 0.936. The fourth-order valence-electron chi connectivity index (χ4n) is 5.09. The predicted molar refractivity (Wildman–Crippen MR) is 134 cm³/mol. The van der Waals surface area contributed by atoms with Crippen LogP contribution in [0.3, 0.4) is 0 Å². The fraction of sp³-hybridized carbons (Fsp3) is 0.296. The summed E-state index contributed by atoms with van der Waals surface area (Å²) in [6.45, 7) is 3.50. The Morgan fingerprint density at radius 2 is 1.91 bits per heavy atom. The van der Waals surface area contributed by atoms with E-state index in [1.54, 1.807) is 11.3 Å². The van der Waals surface area contributed by atoms with Crippen molar-refractivity contribution < 1.29 is 4.79 Å². The Hall–Kier alpha value is -3.25. The van der Waals surface area contributed by atoms with Gasteiger partial charge in [0, 0.05) is 30.7 Å². The van der Waals surface area contributed by atoms with Crippen LogP contribution in [0.4, 0.5) is 5.82 Å². The van der Waals surface area contributed by atoms with Gasteiger partial charge in [0.15, 0.2) is 0 Å². The SMILES string of the molecule is Cc1nc(C(=O)N2CC3(CC3)C[C@H]2CNc2nccc3ccccc23)c(-c2ccccc2)s1. The molecule has 2 aliphatic rings. The van der Waals surface area contributed by atoms with Crippen LogP contribution in [0, 0.1) is 12.3 Å². The molecule has 1 aliphatic carbocycles. The van der Waals surface area contributed by atoms with E-state index in [9.17, 15) is 4.79 Å². The Kier molecular flexibility index (Phi) is 4.91. The number of carbonyl (C=O) groups is 1. The molecule has 1 amide bonds. The minimum Gasteiger partial charge on any atom is -0.367 e. The number of amides is 1. The van der Waals surface area contributed by atoms with Crippen LogP contribution in [0.2, 0.25) is 0 Å². The summed E-state index contributed by atoms with van der Waals surface area (Å²) in [6, 6.07) is 20.6. The summed E-state index contributed by atoms with van der Waals surface area (Å²) in [7, 11) is 0. The van der Waals surface area contributed by atoms with Crippen LogP contribution < -0.4 is 5.32 Å². The Morgan fingerprint density at radius 1 is 1.12 bits per heavy atom. The Balaban J connectivity index is 1.28. The van der Waals surface area contributed by atoms with Crippen LogP contribution in [0.5, 0.6) is 0 Å². The molecule has 3 heterocycles. The number of carbonyl (C=O) groups excluding carboxylic acids is 1. The van der Waals surface area contributed by atoms with Crippen LogP contribution in [0.25, 0.3) is 21.2 Å². The lowest BCUT2D eigenvalue weighted by atomic mass is 10.0. The zero-order valence-corrected chi connectivity index (χ0v) is 19.4. The molecule has 2 aromatic carbocycles. The molecule has 1 saturated heterocycles. The number of benzene rings is 2. The predicted octanol–water partition coefficient (Wildman–Crippen LogP) is 5.77. The van der Waals surface area contributed by atoms with E-state index in [2.05, 4.69) is 44.5 Å². The molecule has 0 radical (unpaired) electrons. The maximum absolute atomic E-state index is 13.8. The van der Waals surface area contributed by atoms with Gasteiger partial charge in [-0.1, -0.05) is 54.6 Å². The topological polar surface area (TPSA) is 58.1 Å². The van der Waals surface area contributed by atoms with E-state index in [1.807, 2.05) is 49.5 Å². The third kappa shape index (κ3) is 3.78. The van der Waals surface area contributed by atoms with Crippen molar-refractivity contribution in [1.29, 1.82) is 0 Å². The number of thiazole rings is 1. The number of likely N-dealkylation sites (tertiary alicyclic amines) is 1. The van der Waals surface area contributed by atoms with E-state index in [4.69, 9.17) is 0 Å². The summed E-state index contributed by atoms with van der Waals surface area (Å²) >= 11 is 1.60. The zero-order chi connectivity index (χ0) is 22.4. The summed E-state index contributed by atoms with van der Waals surface area (Å²) < 4.78 is 0. The van der Waals surface area contributed by atoms with Gasteiger partial charge in [-0.15, -0.1) is 11.3 Å². The monoisotopic (exact) mass is 454 g/mol. The molecule has 166 valence electrons. The van der Waals surface area contributed by atoms with Crippen molar-refractivity contribution in [3.8, 4) is 10.4 Å². The lowest BCUT2D eigenvalue weighted by Gasteiger charge is -2.25. The molecule has 0 unspecified atom stereocenters. The molecular weight excluding hydrogens is 428 g/mol. The third-order valence-electron chi connectivity index (χ3n) is 6.98. The zero-order valence-electron chi connectivity index (χ0n) is 18.6. The highest BCUT2D eigenvalue weighted by Crippen LogP contribution is 2.55. The molecule has 6 heteroatoms. The van der Waals surface area contributed by atoms with Crippen molar-refractivity contribution in [3.05, 3.63) is 77.6 Å². The number of anilines is 1. The highest BCUT2D eigenvalue weighted by atomic mass is 32.1. The average molecular weight is 455 g/mol. The van der Waals surface area contributed by atoms with Crippen molar-refractivity contribution in [3.63, 3.8) is 0 Å². The quantitative estimate of drug-likeness (QED) is 0.416. The van der Waals surface area contributed by atoms with E-state index in [1.165, 1.54) is 18.2 Å². The fourth-order valence-corrected chi connectivity index (χ4v) is 6.01. The number of rotatable bonds is 5. The number of nitrogens with zero attached hydrogens (tertiary/aromatic N) is 3. The molecule has 0 bridgehead atoms. The molecule has 1 spiro atoms. The van der Waals surface area contributed by atoms with Gasteiger partial charge in [-0.25, -0.2) is 9.97 Å². The molecule has 1 atom stereocenters. The Morgan fingerprint density at radius 3 is 2.73 bits per heavy atom. The van der Waals surface area contributed by atoms with Crippen LogP contribution in [0.1, 0.15) is 34.8 Å². The highest BCUT2D eigenvalue weighted by Gasteiger charge is 2.53. The van der Waals surface area contributed by atoms with Crippen molar-refractivity contribution >= 4 is 33.8 Å². The lowest BCUT2D eigenvalue weighted by molar-refractivity contribution is 0.0733. The van der Waals surface area contributed by atoms with E-state index in [0.717, 1.165) is 39.6 Å². The Labute approximate surface area is 197 Å². The first-order valence-corrected chi connectivity index (χ1v) is 12.4. The molecule has 4 aromatic rings. The number of fused-ring (bicyclic) bond motifs is 1. The summed E-state index contributed by atoms with van der Waals surface area (Å²) in [6.07, 6.45) is 5.30. The van der Waals surface area contributed by atoms with Crippen LogP contribution in [0.15, 0.2) is 66.9 Å². The summed E-state index contributed by atoms with van der Waals surface area (Å²) in [4.78, 5) is 26.1. The molecular formula is C27H26N4OS. The van der Waals surface area contributed by atoms with Crippen molar-refractivity contribution in [1.82, 2.24) is 14.9 Å². The van der Waals surface area contributed by atoms with E-state index in [0.29, 0.717) is 17.7 Å². The molecule has 33 heavy (non-hydrogen) atoms. The molecule has 1 N–H and O–H groups in total. The second-order valence-corrected chi connectivity index (χ2v) is 10.5. The van der Waals surface area contributed by atoms with E-state index in [-0.39, 0.29) is 11.9 Å². The van der Waals surface area contributed by atoms with Crippen molar-refractivity contribution in [2.24, 2.45) is 5.41 Å².